The van der Waals surface area contributed by atoms with Crippen molar-refractivity contribution in [1.29, 1.82) is 0 Å². The highest BCUT2D eigenvalue weighted by Crippen LogP contribution is 2.09. The molecule has 0 radical (unpaired) electrons. The molecule has 110 valence electrons. The monoisotopic (exact) mass is 280 g/mol. The number of nitrogens with zero attached hydrogens (tertiary/aromatic N) is 4. The maximum Gasteiger partial charge on any atom is 0.237 e. The molecule has 2 atom stereocenters. The molecule has 2 N–H and O–H groups in total. The molecule has 1 fully saturated rings. The minimum atomic E-state index is -0.519. The molecule has 1 aliphatic heterocycles. The largest absolute Gasteiger partial charge is 0.345 e. The van der Waals surface area contributed by atoms with Crippen LogP contribution in [0, 0.1) is 5.92 Å². The van der Waals surface area contributed by atoms with E-state index >= 15 is 0 Å². The zero-order chi connectivity index (χ0) is 14.5. The number of rotatable bonds is 6. The molecule has 2 rings (SSSR count). The second-order valence-corrected chi connectivity index (χ2v) is 5.35. The van der Waals surface area contributed by atoms with Gasteiger partial charge in [-0.05, 0) is 35.7 Å². The van der Waals surface area contributed by atoms with Gasteiger partial charge in [0, 0.05) is 0 Å². The summed E-state index contributed by atoms with van der Waals surface area (Å²) in [5, 5.41) is 16.6. The van der Waals surface area contributed by atoms with Crippen LogP contribution in [0.25, 0.3) is 0 Å². The Kier molecular flexibility index (Phi) is 4.78. The first-order valence-electron chi connectivity index (χ1n) is 6.85. The summed E-state index contributed by atoms with van der Waals surface area (Å²) < 4.78 is 1.36. The lowest BCUT2D eigenvalue weighted by atomic mass is 9.99. The van der Waals surface area contributed by atoms with Crippen LogP contribution in [0.2, 0.25) is 0 Å². The maximum atomic E-state index is 12.3. The first-order valence-corrected chi connectivity index (χ1v) is 6.85. The van der Waals surface area contributed by atoms with E-state index in [-0.39, 0.29) is 30.2 Å². The van der Waals surface area contributed by atoms with Crippen molar-refractivity contribution in [3.05, 3.63) is 6.33 Å². The summed E-state index contributed by atoms with van der Waals surface area (Å²) in [5.41, 5.74) is 0. The SMILES string of the molecule is CC(C)C(NC(=O)[C@@H]1CCCN1)C(=O)Cn1cnnn1. The normalized spacial score (nSPS) is 20.1. The summed E-state index contributed by atoms with van der Waals surface area (Å²) in [6.45, 7) is 4.73. The predicted octanol–water partition coefficient (Wildman–Crippen LogP) is -0.865. The maximum absolute atomic E-state index is 12.3. The molecule has 1 unspecified atom stereocenters. The van der Waals surface area contributed by atoms with Crippen LogP contribution in [0.3, 0.4) is 0 Å². The van der Waals surface area contributed by atoms with Gasteiger partial charge in [0.2, 0.25) is 5.91 Å². The highest BCUT2D eigenvalue weighted by atomic mass is 16.2. The third-order valence-corrected chi connectivity index (χ3v) is 3.40. The van der Waals surface area contributed by atoms with Gasteiger partial charge < -0.3 is 10.6 Å². The van der Waals surface area contributed by atoms with Gasteiger partial charge in [-0.3, -0.25) is 9.59 Å². The summed E-state index contributed by atoms with van der Waals surface area (Å²) >= 11 is 0. The zero-order valence-corrected chi connectivity index (χ0v) is 11.7. The van der Waals surface area contributed by atoms with Crippen molar-refractivity contribution in [1.82, 2.24) is 30.8 Å². The first-order chi connectivity index (χ1) is 9.58. The molecule has 1 saturated heterocycles. The van der Waals surface area contributed by atoms with Crippen molar-refractivity contribution in [2.24, 2.45) is 5.92 Å². The molecule has 8 heteroatoms. The van der Waals surface area contributed by atoms with E-state index in [1.165, 1.54) is 11.0 Å². The summed E-state index contributed by atoms with van der Waals surface area (Å²) in [5.74, 6) is -0.186. The van der Waals surface area contributed by atoms with Gasteiger partial charge in [0.25, 0.3) is 0 Å². The summed E-state index contributed by atoms with van der Waals surface area (Å²) in [7, 11) is 0. The first kappa shape index (κ1) is 14.6. The van der Waals surface area contributed by atoms with Crippen LogP contribution in [0.1, 0.15) is 26.7 Å². The van der Waals surface area contributed by atoms with E-state index in [2.05, 4.69) is 26.2 Å². The van der Waals surface area contributed by atoms with E-state index in [1.807, 2.05) is 13.8 Å². The number of hydrogen-bond acceptors (Lipinski definition) is 6. The minimum absolute atomic E-state index is 0.0179. The van der Waals surface area contributed by atoms with Crippen molar-refractivity contribution in [2.75, 3.05) is 6.54 Å². The third kappa shape index (κ3) is 3.60. The molecule has 8 nitrogen and oxygen atoms in total. The molecule has 0 aromatic carbocycles. The van der Waals surface area contributed by atoms with E-state index in [0.29, 0.717) is 0 Å². The quantitative estimate of drug-likeness (QED) is 0.702. The molecule has 0 saturated carbocycles. The zero-order valence-electron chi connectivity index (χ0n) is 11.7. The van der Waals surface area contributed by atoms with Crippen molar-refractivity contribution in [3.63, 3.8) is 0 Å². The number of ketones is 1. The lowest BCUT2D eigenvalue weighted by molar-refractivity contribution is -0.130. The second kappa shape index (κ2) is 6.56. The molecule has 1 aliphatic rings. The molecule has 20 heavy (non-hydrogen) atoms. The molecule has 1 aromatic heterocycles. The van der Waals surface area contributed by atoms with Crippen molar-refractivity contribution < 1.29 is 9.59 Å². The number of carbonyl (C=O) groups excluding carboxylic acids is 2. The fraction of sp³-hybridized carbons (Fsp3) is 0.750. The lowest BCUT2D eigenvalue weighted by Gasteiger charge is -2.23. The van der Waals surface area contributed by atoms with Gasteiger partial charge in [-0.15, -0.1) is 5.10 Å². The van der Waals surface area contributed by atoms with E-state index in [0.717, 1.165) is 19.4 Å². The topological polar surface area (TPSA) is 102 Å². The van der Waals surface area contributed by atoms with Crippen LogP contribution in [-0.2, 0) is 16.1 Å². The van der Waals surface area contributed by atoms with Crippen molar-refractivity contribution in [3.8, 4) is 0 Å². The third-order valence-electron chi connectivity index (χ3n) is 3.40. The Bertz CT molecular complexity index is 453. The summed E-state index contributed by atoms with van der Waals surface area (Å²) in [4.78, 5) is 24.3. The van der Waals surface area contributed by atoms with Gasteiger partial charge in [0.05, 0.1) is 12.1 Å². The van der Waals surface area contributed by atoms with Gasteiger partial charge in [0.15, 0.2) is 5.78 Å². The molecule has 0 spiro atoms. The molecule has 0 aliphatic carbocycles. The van der Waals surface area contributed by atoms with Gasteiger partial charge in [-0.2, -0.15) is 0 Å². The van der Waals surface area contributed by atoms with Crippen LogP contribution in [0.5, 0.6) is 0 Å². The predicted molar refractivity (Wildman–Crippen MR) is 70.6 cm³/mol. The number of Topliss-reactive ketones (excluding diaryl/α,β-unsaturated/α-hetero) is 1. The van der Waals surface area contributed by atoms with Gasteiger partial charge in [-0.1, -0.05) is 13.8 Å². The number of hydrogen-bond donors (Lipinski definition) is 2. The highest BCUT2D eigenvalue weighted by Gasteiger charge is 2.29. The molecular formula is C12H20N6O2. The van der Waals surface area contributed by atoms with Crippen molar-refractivity contribution in [2.45, 2.75) is 45.3 Å². The number of tetrazole rings is 1. The van der Waals surface area contributed by atoms with Gasteiger partial charge in [0.1, 0.15) is 12.9 Å². The number of nitrogens with one attached hydrogen (secondary N) is 2. The van der Waals surface area contributed by atoms with E-state index in [9.17, 15) is 9.59 Å². The standard InChI is InChI=1S/C12H20N6O2/c1-8(2)11(10(19)6-18-7-14-16-17-18)15-12(20)9-4-3-5-13-9/h7-9,11,13H,3-6H2,1-2H3,(H,15,20)/t9-,11?/m0/s1. The number of amides is 1. The van der Waals surface area contributed by atoms with Crippen LogP contribution in [-0.4, -0.2) is 50.5 Å². The Labute approximate surface area is 117 Å². The van der Waals surface area contributed by atoms with Crippen LogP contribution in [0.15, 0.2) is 6.33 Å². The fourth-order valence-corrected chi connectivity index (χ4v) is 2.29. The highest BCUT2D eigenvalue weighted by molar-refractivity contribution is 5.91. The Morgan fingerprint density at radius 2 is 2.30 bits per heavy atom. The second-order valence-electron chi connectivity index (χ2n) is 5.35. The average Bonchev–Trinajstić information content (AvgIpc) is 3.07. The average molecular weight is 280 g/mol. The van der Waals surface area contributed by atoms with E-state index < -0.39 is 6.04 Å². The molecule has 0 bridgehead atoms. The van der Waals surface area contributed by atoms with E-state index in [4.69, 9.17) is 0 Å². The molecular weight excluding hydrogens is 260 g/mol. The number of carbonyl (C=O) groups is 2. The Hall–Kier alpha value is -1.83. The van der Waals surface area contributed by atoms with Crippen LogP contribution < -0.4 is 10.6 Å². The Morgan fingerprint density at radius 1 is 1.50 bits per heavy atom. The van der Waals surface area contributed by atoms with Crippen LogP contribution in [0.4, 0.5) is 0 Å². The molecule has 2 heterocycles. The van der Waals surface area contributed by atoms with E-state index in [1.54, 1.807) is 0 Å². The van der Waals surface area contributed by atoms with Crippen molar-refractivity contribution >= 4 is 11.7 Å². The summed E-state index contributed by atoms with van der Waals surface area (Å²) in [6, 6.07) is -0.703. The minimum Gasteiger partial charge on any atom is -0.345 e. The Balaban J connectivity index is 1.95. The smallest absolute Gasteiger partial charge is 0.237 e. The number of aromatic nitrogens is 4. The molecule has 1 aromatic rings. The summed E-state index contributed by atoms with van der Waals surface area (Å²) in [6.07, 6.45) is 3.19. The lowest BCUT2D eigenvalue weighted by Crippen LogP contribution is -2.51. The molecule has 1 amide bonds. The fourth-order valence-electron chi connectivity index (χ4n) is 2.29. The van der Waals surface area contributed by atoms with Gasteiger partial charge >= 0.3 is 0 Å². The van der Waals surface area contributed by atoms with Crippen LogP contribution >= 0.6 is 0 Å². The van der Waals surface area contributed by atoms with Gasteiger partial charge in [-0.25, -0.2) is 4.68 Å². The Morgan fingerprint density at radius 3 is 2.85 bits per heavy atom.